The molecule has 2 heterocycles. The average molecular weight is 312 g/mol. The van der Waals surface area contributed by atoms with E-state index >= 15 is 0 Å². The number of carbonyl (C=O) groups excluding carboxylic acids is 1. The molecule has 6 heteroatoms. The van der Waals surface area contributed by atoms with Crippen LogP contribution in [-0.2, 0) is 10.5 Å². The molecule has 1 aliphatic heterocycles. The minimum Gasteiger partial charge on any atom is -0.331 e. The number of amides is 1. The van der Waals surface area contributed by atoms with Crippen LogP contribution in [0.2, 0.25) is 0 Å². The van der Waals surface area contributed by atoms with Gasteiger partial charge in [0.1, 0.15) is 5.50 Å². The number of thioether (sulfide) groups is 1. The van der Waals surface area contributed by atoms with Gasteiger partial charge in [-0.15, -0.1) is 23.4 Å². The number of aromatic nitrogens is 1. The minimum absolute atomic E-state index is 0.0292. The zero-order chi connectivity index (χ0) is 13.9. The second kappa shape index (κ2) is 6.33. The summed E-state index contributed by atoms with van der Waals surface area (Å²) in [5.41, 5.74) is 1.09. The van der Waals surface area contributed by atoms with Crippen LogP contribution in [0.1, 0.15) is 24.8 Å². The van der Waals surface area contributed by atoms with Gasteiger partial charge in [0.05, 0.1) is 5.92 Å². The fraction of sp³-hybridized carbons (Fsp3) is 0.571. The second-order valence-corrected chi connectivity index (χ2v) is 6.96. The van der Waals surface area contributed by atoms with Crippen molar-refractivity contribution in [3.63, 3.8) is 0 Å². The maximum Gasteiger partial charge on any atom is 0.226 e. The molecule has 1 amide bonds. The summed E-state index contributed by atoms with van der Waals surface area (Å²) in [6, 6.07) is 4.07. The van der Waals surface area contributed by atoms with E-state index in [1.54, 1.807) is 18.0 Å². The molecule has 4 nitrogen and oxygen atoms in total. The van der Waals surface area contributed by atoms with Crippen LogP contribution in [0.25, 0.3) is 0 Å². The van der Waals surface area contributed by atoms with Crippen LogP contribution in [-0.4, -0.2) is 27.8 Å². The molecule has 1 aromatic heterocycles. The first-order chi connectivity index (χ1) is 9.74. The first-order valence-electron chi connectivity index (χ1n) is 6.95. The highest BCUT2D eigenvalue weighted by Gasteiger charge is 2.41. The molecular weight excluding hydrogens is 294 g/mol. The van der Waals surface area contributed by atoms with E-state index in [1.807, 2.05) is 18.3 Å². The molecule has 0 spiro atoms. The molecule has 4 atom stereocenters. The van der Waals surface area contributed by atoms with Gasteiger partial charge >= 0.3 is 0 Å². The van der Waals surface area contributed by atoms with E-state index in [0.717, 1.165) is 30.6 Å². The smallest absolute Gasteiger partial charge is 0.226 e. The van der Waals surface area contributed by atoms with Gasteiger partial charge in [-0.25, -0.2) is 0 Å². The highest BCUT2D eigenvalue weighted by Crippen LogP contribution is 2.32. The normalized spacial score (nSPS) is 33.4. The number of hydrogen-bond acceptors (Lipinski definition) is 4. The SMILES string of the molecule is O=C1NC(SCc2cccnc2)NC2C(Cl)CCCC12. The third kappa shape index (κ3) is 3.10. The van der Waals surface area contributed by atoms with Gasteiger partial charge in [-0.05, 0) is 24.5 Å². The van der Waals surface area contributed by atoms with Crippen molar-refractivity contribution in [3.05, 3.63) is 30.1 Å². The molecule has 3 rings (SSSR count). The Kier molecular flexibility index (Phi) is 4.48. The number of pyridine rings is 1. The predicted molar refractivity (Wildman–Crippen MR) is 81.4 cm³/mol. The standard InChI is InChI=1S/C14H18ClN3OS/c15-11-5-1-4-10-12(11)17-14(18-13(10)19)20-8-9-3-2-6-16-7-9/h2-3,6-7,10-12,14,17H,1,4-5,8H2,(H,18,19). The number of nitrogens with one attached hydrogen (secondary N) is 2. The van der Waals surface area contributed by atoms with Gasteiger partial charge in [-0.3, -0.25) is 15.1 Å². The van der Waals surface area contributed by atoms with Crippen LogP contribution in [0.15, 0.2) is 24.5 Å². The topological polar surface area (TPSA) is 54.0 Å². The molecule has 4 unspecified atom stereocenters. The van der Waals surface area contributed by atoms with Gasteiger partial charge < -0.3 is 5.32 Å². The van der Waals surface area contributed by atoms with E-state index < -0.39 is 0 Å². The third-order valence-electron chi connectivity index (χ3n) is 3.91. The monoisotopic (exact) mass is 311 g/mol. The summed E-state index contributed by atoms with van der Waals surface area (Å²) >= 11 is 8.05. The number of halogens is 1. The van der Waals surface area contributed by atoms with E-state index in [0.29, 0.717) is 0 Å². The second-order valence-electron chi connectivity index (χ2n) is 5.31. The van der Waals surface area contributed by atoms with Crippen molar-refractivity contribution in [3.8, 4) is 0 Å². The number of nitrogens with zero attached hydrogens (tertiary/aromatic N) is 1. The number of fused-ring (bicyclic) bond motifs is 1. The van der Waals surface area contributed by atoms with Crippen molar-refractivity contribution in [2.75, 3.05) is 0 Å². The minimum atomic E-state index is -0.0664. The van der Waals surface area contributed by atoms with Gasteiger partial charge in [-0.1, -0.05) is 12.5 Å². The fourth-order valence-corrected chi connectivity index (χ4v) is 4.25. The molecule has 0 aromatic carbocycles. The summed E-state index contributed by atoms with van der Waals surface area (Å²) in [6.07, 6.45) is 6.58. The van der Waals surface area contributed by atoms with E-state index in [1.165, 1.54) is 0 Å². The lowest BCUT2D eigenvalue weighted by Crippen LogP contribution is -2.63. The molecule has 2 N–H and O–H groups in total. The van der Waals surface area contributed by atoms with Gasteiger partial charge in [0, 0.05) is 29.6 Å². The quantitative estimate of drug-likeness (QED) is 0.839. The number of alkyl halides is 1. The fourth-order valence-electron chi connectivity index (χ4n) is 2.86. The van der Waals surface area contributed by atoms with Crippen molar-refractivity contribution in [1.82, 2.24) is 15.6 Å². The van der Waals surface area contributed by atoms with Gasteiger partial charge in [0.15, 0.2) is 0 Å². The Hall–Kier alpha value is -0.780. The largest absolute Gasteiger partial charge is 0.331 e. The molecule has 2 fully saturated rings. The van der Waals surface area contributed by atoms with Gasteiger partial charge in [0.2, 0.25) is 5.91 Å². The maximum atomic E-state index is 12.2. The summed E-state index contributed by atoms with van der Waals surface area (Å²) in [6.45, 7) is 0. The number of carbonyl (C=O) groups is 1. The molecule has 1 aromatic rings. The molecule has 20 heavy (non-hydrogen) atoms. The molecule has 1 saturated heterocycles. The Morgan fingerprint density at radius 2 is 2.35 bits per heavy atom. The third-order valence-corrected chi connectivity index (χ3v) is 5.49. The summed E-state index contributed by atoms with van der Waals surface area (Å²) < 4.78 is 0. The molecule has 1 saturated carbocycles. The maximum absolute atomic E-state index is 12.2. The Balaban J connectivity index is 1.60. The van der Waals surface area contributed by atoms with Crippen molar-refractivity contribution in [2.24, 2.45) is 5.92 Å². The lowest BCUT2D eigenvalue weighted by Gasteiger charge is -2.42. The lowest BCUT2D eigenvalue weighted by molar-refractivity contribution is -0.129. The predicted octanol–water partition coefficient (Wildman–Crippen LogP) is 2.09. The highest BCUT2D eigenvalue weighted by atomic mass is 35.5. The van der Waals surface area contributed by atoms with Gasteiger partial charge in [-0.2, -0.15) is 0 Å². The van der Waals surface area contributed by atoms with E-state index in [4.69, 9.17) is 11.6 Å². The van der Waals surface area contributed by atoms with Crippen LogP contribution >= 0.6 is 23.4 Å². The molecule has 0 bridgehead atoms. The average Bonchev–Trinajstić information content (AvgIpc) is 2.47. The lowest BCUT2D eigenvalue weighted by atomic mass is 9.82. The van der Waals surface area contributed by atoms with E-state index in [-0.39, 0.29) is 28.7 Å². The zero-order valence-electron chi connectivity index (χ0n) is 11.1. The Bertz CT molecular complexity index is 473. The van der Waals surface area contributed by atoms with E-state index in [9.17, 15) is 4.79 Å². The first-order valence-corrected chi connectivity index (χ1v) is 8.43. The Labute approximate surface area is 128 Å². The summed E-state index contributed by atoms with van der Waals surface area (Å²) in [5.74, 6) is 0.986. The highest BCUT2D eigenvalue weighted by molar-refractivity contribution is 7.99. The van der Waals surface area contributed by atoms with Crippen LogP contribution < -0.4 is 10.6 Å². The summed E-state index contributed by atoms with van der Waals surface area (Å²) in [5, 5.41) is 6.58. The summed E-state index contributed by atoms with van der Waals surface area (Å²) in [7, 11) is 0. The van der Waals surface area contributed by atoms with E-state index in [2.05, 4.69) is 15.6 Å². The number of rotatable bonds is 3. The van der Waals surface area contributed by atoms with Crippen LogP contribution in [0.3, 0.4) is 0 Å². The van der Waals surface area contributed by atoms with Crippen LogP contribution in [0.5, 0.6) is 0 Å². The van der Waals surface area contributed by atoms with Crippen molar-refractivity contribution >= 4 is 29.3 Å². The van der Waals surface area contributed by atoms with Crippen LogP contribution in [0, 0.1) is 5.92 Å². The molecular formula is C14H18ClN3OS. The number of hydrogen-bond donors (Lipinski definition) is 2. The first kappa shape index (κ1) is 14.2. The zero-order valence-corrected chi connectivity index (χ0v) is 12.7. The Morgan fingerprint density at radius 1 is 1.45 bits per heavy atom. The Morgan fingerprint density at radius 3 is 3.15 bits per heavy atom. The molecule has 0 radical (unpaired) electrons. The van der Waals surface area contributed by atoms with Gasteiger partial charge in [0.25, 0.3) is 0 Å². The molecule has 108 valence electrons. The molecule has 2 aliphatic rings. The summed E-state index contributed by atoms with van der Waals surface area (Å²) in [4.78, 5) is 16.3. The van der Waals surface area contributed by atoms with Crippen molar-refractivity contribution in [2.45, 2.75) is 41.9 Å². The van der Waals surface area contributed by atoms with Crippen LogP contribution in [0.4, 0.5) is 0 Å². The molecule has 1 aliphatic carbocycles. The van der Waals surface area contributed by atoms with Crippen molar-refractivity contribution < 1.29 is 4.79 Å². The van der Waals surface area contributed by atoms with Crippen molar-refractivity contribution in [1.29, 1.82) is 0 Å².